The number of nitrogens with one attached hydrogen (secondary N) is 2. The van der Waals surface area contributed by atoms with E-state index in [1.54, 1.807) is 30.5 Å². The van der Waals surface area contributed by atoms with Crippen molar-refractivity contribution in [3.8, 4) is 0 Å². The van der Waals surface area contributed by atoms with E-state index < -0.39 is 0 Å². The smallest absolute Gasteiger partial charge is 0.257 e. The Morgan fingerprint density at radius 3 is 2.64 bits per heavy atom. The van der Waals surface area contributed by atoms with Gasteiger partial charge < -0.3 is 10.6 Å². The van der Waals surface area contributed by atoms with Crippen LogP contribution in [0.4, 0.5) is 17.2 Å². The molecule has 0 saturated carbocycles. The lowest BCUT2D eigenvalue weighted by Gasteiger charge is -2.10. The molecule has 1 amide bonds. The molecule has 4 rings (SSSR count). The minimum Gasteiger partial charge on any atom is -0.338 e. The minimum atomic E-state index is -0.240. The highest BCUT2D eigenvalue weighted by Gasteiger charge is 2.10. The Morgan fingerprint density at radius 1 is 0.964 bits per heavy atom. The number of carbonyl (C=O) groups excluding carboxylic acids is 1. The number of aryl methyl sites for hydroxylation is 1. The Balaban J connectivity index is 1.52. The lowest BCUT2D eigenvalue weighted by molar-refractivity contribution is 0.102. The number of fused-ring (bicyclic) bond motifs is 1. The van der Waals surface area contributed by atoms with Crippen molar-refractivity contribution >= 4 is 45.6 Å². The van der Waals surface area contributed by atoms with E-state index in [-0.39, 0.29) is 5.91 Å². The summed E-state index contributed by atoms with van der Waals surface area (Å²) in [5.74, 6) is 0.393. The number of pyridine rings is 2. The predicted molar refractivity (Wildman–Crippen MR) is 113 cm³/mol. The fourth-order valence-electron chi connectivity index (χ4n) is 2.87. The maximum Gasteiger partial charge on any atom is 0.257 e. The van der Waals surface area contributed by atoms with Gasteiger partial charge in [-0.05, 0) is 48.9 Å². The Labute approximate surface area is 167 Å². The molecule has 2 aromatic heterocycles. The minimum absolute atomic E-state index is 0.240. The van der Waals surface area contributed by atoms with Crippen molar-refractivity contribution in [3.63, 3.8) is 0 Å². The molecule has 138 valence electrons. The number of rotatable bonds is 4. The van der Waals surface area contributed by atoms with Gasteiger partial charge in [-0.1, -0.05) is 35.9 Å². The summed E-state index contributed by atoms with van der Waals surface area (Å²) < 4.78 is 0. The quantitative estimate of drug-likeness (QED) is 0.478. The zero-order chi connectivity index (χ0) is 19.5. The van der Waals surface area contributed by atoms with E-state index in [1.807, 2.05) is 43.3 Å². The Morgan fingerprint density at radius 2 is 1.82 bits per heavy atom. The fourth-order valence-corrected chi connectivity index (χ4v) is 3.04. The molecule has 2 aromatic carbocycles. The molecule has 0 aliphatic heterocycles. The fraction of sp³-hybridized carbons (Fsp3) is 0.0455. The highest BCUT2D eigenvalue weighted by Crippen LogP contribution is 2.24. The molecule has 6 heteroatoms. The summed E-state index contributed by atoms with van der Waals surface area (Å²) in [6.45, 7) is 1.91. The van der Waals surface area contributed by atoms with Crippen molar-refractivity contribution in [1.82, 2.24) is 9.97 Å². The standard InChI is InChI=1S/C22H17ClN4O/c1-14-7-9-17(23)12-19(14)27-22(28)16-8-10-20(25-13-16)26-18-6-2-4-15-5-3-11-24-21(15)18/h2-13H,1H3,(H,25,26)(H,27,28). The first-order valence-electron chi connectivity index (χ1n) is 8.74. The molecule has 0 atom stereocenters. The molecule has 0 aliphatic rings. The van der Waals surface area contributed by atoms with Crippen molar-refractivity contribution < 1.29 is 4.79 Å². The summed E-state index contributed by atoms with van der Waals surface area (Å²) in [6, 6.07) is 18.7. The molecule has 2 N–H and O–H groups in total. The van der Waals surface area contributed by atoms with Crippen molar-refractivity contribution in [3.05, 3.63) is 89.2 Å². The second kappa shape index (κ2) is 7.66. The van der Waals surface area contributed by atoms with E-state index in [9.17, 15) is 4.79 Å². The van der Waals surface area contributed by atoms with Gasteiger partial charge in [0.1, 0.15) is 5.82 Å². The average molecular weight is 389 g/mol. The Hall–Kier alpha value is -3.44. The van der Waals surface area contributed by atoms with Gasteiger partial charge in [0.25, 0.3) is 5.91 Å². The van der Waals surface area contributed by atoms with Crippen LogP contribution in [0.3, 0.4) is 0 Å². The number of anilines is 3. The van der Waals surface area contributed by atoms with Crippen LogP contribution in [0.25, 0.3) is 10.9 Å². The van der Waals surface area contributed by atoms with Gasteiger partial charge in [-0.3, -0.25) is 9.78 Å². The van der Waals surface area contributed by atoms with Gasteiger partial charge in [-0.2, -0.15) is 0 Å². The third kappa shape index (κ3) is 3.80. The zero-order valence-electron chi connectivity index (χ0n) is 15.1. The van der Waals surface area contributed by atoms with Crippen molar-refractivity contribution in [2.24, 2.45) is 0 Å². The third-order valence-corrected chi connectivity index (χ3v) is 4.60. The highest BCUT2D eigenvalue weighted by atomic mass is 35.5. The van der Waals surface area contributed by atoms with Crippen LogP contribution < -0.4 is 10.6 Å². The second-order valence-electron chi connectivity index (χ2n) is 6.35. The number of carbonyl (C=O) groups is 1. The number of benzene rings is 2. The SMILES string of the molecule is Cc1ccc(Cl)cc1NC(=O)c1ccc(Nc2cccc3cccnc23)nc1. The molecule has 28 heavy (non-hydrogen) atoms. The Kier molecular flexibility index (Phi) is 4.91. The summed E-state index contributed by atoms with van der Waals surface area (Å²) in [6.07, 6.45) is 3.29. The largest absolute Gasteiger partial charge is 0.338 e. The normalized spacial score (nSPS) is 10.6. The van der Waals surface area contributed by atoms with Gasteiger partial charge in [-0.15, -0.1) is 0 Å². The Bertz CT molecular complexity index is 1150. The van der Waals surface area contributed by atoms with Gasteiger partial charge in [0.2, 0.25) is 0 Å². The monoisotopic (exact) mass is 388 g/mol. The van der Waals surface area contributed by atoms with Gasteiger partial charge in [0, 0.05) is 28.5 Å². The van der Waals surface area contributed by atoms with Crippen LogP contribution in [-0.4, -0.2) is 15.9 Å². The predicted octanol–water partition coefficient (Wildman–Crippen LogP) is 5.59. The van der Waals surface area contributed by atoms with Crippen LogP contribution in [0.5, 0.6) is 0 Å². The van der Waals surface area contributed by atoms with Gasteiger partial charge in [0.15, 0.2) is 0 Å². The average Bonchev–Trinajstić information content (AvgIpc) is 2.71. The molecular formula is C22H17ClN4O. The first kappa shape index (κ1) is 17.9. The molecule has 0 radical (unpaired) electrons. The molecule has 0 fully saturated rings. The molecule has 0 aliphatic carbocycles. The molecule has 0 saturated heterocycles. The summed E-state index contributed by atoms with van der Waals surface area (Å²) in [5.41, 5.74) is 3.80. The number of halogens is 1. The van der Waals surface area contributed by atoms with Gasteiger partial charge in [0.05, 0.1) is 16.8 Å². The number of hydrogen-bond acceptors (Lipinski definition) is 4. The zero-order valence-corrected chi connectivity index (χ0v) is 15.9. The van der Waals surface area contributed by atoms with Gasteiger partial charge in [-0.25, -0.2) is 4.98 Å². The van der Waals surface area contributed by atoms with Crippen molar-refractivity contribution in [1.29, 1.82) is 0 Å². The summed E-state index contributed by atoms with van der Waals surface area (Å²) in [4.78, 5) is 21.3. The first-order chi connectivity index (χ1) is 13.6. The van der Waals surface area contributed by atoms with Crippen LogP contribution in [0.1, 0.15) is 15.9 Å². The van der Waals surface area contributed by atoms with Crippen LogP contribution >= 0.6 is 11.6 Å². The van der Waals surface area contributed by atoms with Crippen molar-refractivity contribution in [2.45, 2.75) is 6.92 Å². The maximum absolute atomic E-state index is 12.5. The van der Waals surface area contributed by atoms with Crippen LogP contribution in [0, 0.1) is 6.92 Å². The second-order valence-corrected chi connectivity index (χ2v) is 6.79. The summed E-state index contributed by atoms with van der Waals surface area (Å²) in [5, 5.41) is 7.74. The molecule has 0 unspecified atom stereocenters. The third-order valence-electron chi connectivity index (χ3n) is 4.37. The number of hydrogen-bond donors (Lipinski definition) is 2. The van der Waals surface area contributed by atoms with E-state index in [4.69, 9.17) is 11.6 Å². The van der Waals surface area contributed by atoms with E-state index in [2.05, 4.69) is 20.6 Å². The van der Waals surface area contributed by atoms with E-state index >= 15 is 0 Å². The molecular weight excluding hydrogens is 372 g/mol. The van der Waals surface area contributed by atoms with E-state index in [0.717, 1.165) is 22.2 Å². The first-order valence-corrected chi connectivity index (χ1v) is 9.12. The number of para-hydroxylation sites is 1. The maximum atomic E-state index is 12.5. The van der Waals surface area contributed by atoms with Crippen LogP contribution in [0.2, 0.25) is 5.02 Å². The molecule has 2 heterocycles. The number of amides is 1. The van der Waals surface area contributed by atoms with Crippen molar-refractivity contribution in [2.75, 3.05) is 10.6 Å². The van der Waals surface area contributed by atoms with E-state index in [1.165, 1.54) is 6.20 Å². The lowest BCUT2D eigenvalue weighted by atomic mass is 10.2. The topological polar surface area (TPSA) is 66.9 Å². The summed E-state index contributed by atoms with van der Waals surface area (Å²) >= 11 is 6.01. The summed E-state index contributed by atoms with van der Waals surface area (Å²) in [7, 11) is 0. The van der Waals surface area contributed by atoms with Gasteiger partial charge >= 0.3 is 0 Å². The number of aromatic nitrogens is 2. The lowest BCUT2D eigenvalue weighted by Crippen LogP contribution is -2.13. The molecule has 4 aromatic rings. The van der Waals surface area contributed by atoms with Crippen LogP contribution in [-0.2, 0) is 0 Å². The highest BCUT2D eigenvalue weighted by molar-refractivity contribution is 6.31. The van der Waals surface area contributed by atoms with Crippen LogP contribution in [0.15, 0.2) is 73.1 Å². The number of nitrogens with zero attached hydrogens (tertiary/aromatic N) is 2. The molecule has 0 spiro atoms. The van der Waals surface area contributed by atoms with E-state index in [0.29, 0.717) is 22.1 Å². The molecule has 0 bridgehead atoms. The molecule has 5 nitrogen and oxygen atoms in total.